The van der Waals surface area contributed by atoms with E-state index >= 15 is 0 Å². The minimum absolute atomic E-state index is 0.0187. The number of nitrogen functional groups attached to an aromatic ring is 1. The monoisotopic (exact) mass is 314 g/mol. The topological polar surface area (TPSA) is 113 Å². The Kier molecular flexibility index (Phi) is 4.01. The van der Waals surface area contributed by atoms with Gasteiger partial charge in [0.25, 0.3) is 0 Å². The van der Waals surface area contributed by atoms with Crippen molar-refractivity contribution in [1.29, 1.82) is 0 Å². The molecule has 7 heteroatoms. The van der Waals surface area contributed by atoms with Crippen LogP contribution >= 0.6 is 0 Å². The van der Waals surface area contributed by atoms with Crippen LogP contribution in [0.5, 0.6) is 5.75 Å². The number of rotatable bonds is 2. The summed E-state index contributed by atoms with van der Waals surface area (Å²) in [6, 6.07) is 8.66. The van der Waals surface area contributed by atoms with Crippen LogP contribution in [-0.4, -0.2) is 44.3 Å². The molecule has 1 aliphatic heterocycles. The van der Waals surface area contributed by atoms with Crippen molar-refractivity contribution in [2.75, 3.05) is 18.8 Å². The Labute approximate surface area is 133 Å². The Hall–Kier alpha value is -2.83. The lowest BCUT2D eigenvalue weighted by Gasteiger charge is -2.30. The zero-order chi connectivity index (χ0) is 16.4. The first kappa shape index (κ1) is 15.1. The molecule has 1 fully saturated rings. The van der Waals surface area contributed by atoms with Gasteiger partial charge in [-0.05, 0) is 31.0 Å². The van der Waals surface area contributed by atoms with Crippen molar-refractivity contribution < 1.29 is 15.0 Å². The standard InChI is InChI=1S/C16H18N4O3/c17-15-18-12(10-4-3-7-20(9-10)16(22)23)8-13(19-15)11-5-1-2-6-14(11)21/h1-2,5-6,8,10,21H,3-4,7,9H2,(H,22,23)(H2,17,18,19). The SMILES string of the molecule is Nc1nc(-c2ccccc2O)cc(C2CCCN(C(=O)O)C2)n1. The van der Waals surface area contributed by atoms with E-state index in [4.69, 9.17) is 10.8 Å². The molecule has 3 rings (SSSR count). The second kappa shape index (κ2) is 6.12. The number of phenols is 1. The van der Waals surface area contributed by atoms with Gasteiger partial charge < -0.3 is 20.8 Å². The lowest BCUT2D eigenvalue weighted by molar-refractivity contribution is 0.130. The van der Waals surface area contributed by atoms with Crippen LogP contribution in [0.1, 0.15) is 24.5 Å². The molecule has 2 aromatic rings. The van der Waals surface area contributed by atoms with Crippen molar-refractivity contribution in [2.24, 2.45) is 0 Å². The number of amides is 1. The van der Waals surface area contributed by atoms with Crippen LogP contribution in [-0.2, 0) is 0 Å². The Bertz CT molecular complexity index is 735. The Balaban J connectivity index is 1.95. The number of nitrogens with two attached hydrogens (primary N) is 1. The highest BCUT2D eigenvalue weighted by Gasteiger charge is 2.26. The average molecular weight is 314 g/mol. The number of nitrogens with zero attached hydrogens (tertiary/aromatic N) is 3. The Morgan fingerprint density at radius 1 is 1.30 bits per heavy atom. The van der Waals surface area contributed by atoms with E-state index in [0.717, 1.165) is 12.8 Å². The highest BCUT2D eigenvalue weighted by atomic mass is 16.4. The van der Waals surface area contributed by atoms with E-state index in [9.17, 15) is 9.90 Å². The highest BCUT2D eigenvalue weighted by Crippen LogP contribution is 2.31. The summed E-state index contributed by atoms with van der Waals surface area (Å²) in [5.41, 5.74) is 7.64. The van der Waals surface area contributed by atoms with E-state index in [1.807, 2.05) is 0 Å². The quantitative estimate of drug-likeness (QED) is 0.784. The first-order valence-corrected chi connectivity index (χ1v) is 7.45. The fraction of sp³-hybridized carbons (Fsp3) is 0.312. The number of hydrogen-bond donors (Lipinski definition) is 3. The van der Waals surface area contributed by atoms with Crippen LogP contribution in [0.25, 0.3) is 11.3 Å². The van der Waals surface area contributed by atoms with Gasteiger partial charge in [-0.1, -0.05) is 12.1 Å². The maximum Gasteiger partial charge on any atom is 0.407 e. The van der Waals surface area contributed by atoms with E-state index < -0.39 is 6.09 Å². The molecule has 4 N–H and O–H groups in total. The zero-order valence-electron chi connectivity index (χ0n) is 12.5. The Morgan fingerprint density at radius 3 is 2.83 bits per heavy atom. The third kappa shape index (κ3) is 3.18. The zero-order valence-corrected chi connectivity index (χ0v) is 12.5. The third-order valence-electron chi connectivity index (χ3n) is 4.05. The molecule has 7 nitrogen and oxygen atoms in total. The number of likely N-dealkylation sites (tertiary alicyclic amines) is 1. The van der Waals surface area contributed by atoms with Gasteiger partial charge >= 0.3 is 6.09 Å². The molecular formula is C16H18N4O3. The number of benzene rings is 1. The Morgan fingerprint density at radius 2 is 2.09 bits per heavy atom. The van der Waals surface area contributed by atoms with Crippen LogP contribution in [0.2, 0.25) is 0 Å². The predicted molar refractivity (Wildman–Crippen MR) is 85.1 cm³/mol. The van der Waals surface area contributed by atoms with Crippen molar-refractivity contribution >= 4 is 12.0 Å². The van der Waals surface area contributed by atoms with Gasteiger partial charge in [-0.2, -0.15) is 0 Å². The molecule has 1 saturated heterocycles. The van der Waals surface area contributed by atoms with Crippen molar-refractivity contribution in [3.05, 3.63) is 36.0 Å². The van der Waals surface area contributed by atoms with Gasteiger partial charge in [0.1, 0.15) is 5.75 Å². The molecule has 0 aliphatic carbocycles. The van der Waals surface area contributed by atoms with Gasteiger partial charge in [0.05, 0.1) is 11.4 Å². The van der Waals surface area contributed by atoms with E-state index in [2.05, 4.69) is 9.97 Å². The largest absolute Gasteiger partial charge is 0.507 e. The number of anilines is 1. The number of aromatic nitrogens is 2. The summed E-state index contributed by atoms with van der Waals surface area (Å²) >= 11 is 0. The van der Waals surface area contributed by atoms with Crippen LogP contribution in [0.3, 0.4) is 0 Å². The van der Waals surface area contributed by atoms with Gasteiger partial charge in [-0.15, -0.1) is 0 Å². The maximum atomic E-state index is 11.2. The van der Waals surface area contributed by atoms with E-state index in [1.54, 1.807) is 30.3 Å². The number of hydrogen-bond acceptors (Lipinski definition) is 5. The molecule has 1 atom stereocenters. The molecule has 1 aliphatic rings. The lowest BCUT2D eigenvalue weighted by Crippen LogP contribution is -2.38. The smallest absolute Gasteiger partial charge is 0.407 e. The van der Waals surface area contributed by atoms with E-state index in [1.165, 1.54) is 4.90 Å². The van der Waals surface area contributed by atoms with Crippen LogP contribution < -0.4 is 5.73 Å². The fourth-order valence-corrected chi connectivity index (χ4v) is 2.91. The predicted octanol–water partition coefficient (Wildman–Crippen LogP) is 2.29. The van der Waals surface area contributed by atoms with Crippen LogP contribution in [0, 0.1) is 0 Å². The third-order valence-corrected chi connectivity index (χ3v) is 4.05. The molecule has 120 valence electrons. The molecule has 1 aromatic heterocycles. The van der Waals surface area contributed by atoms with Gasteiger partial charge in [0.15, 0.2) is 0 Å². The minimum atomic E-state index is -0.919. The second-order valence-electron chi connectivity index (χ2n) is 5.62. The van der Waals surface area contributed by atoms with Gasteiger partial charge in [-0.3, -0.25) is 0 Å². The average Bonchev–Trinajstić information content (AvgIpc) is 2.55. The normalized spacial score (nSPS) is 17.9. The summed E-state index contributed by atoms with van der Waals surface area (Å²) in [5, 5.41) is 19.1. The van der Waals surface area contributed by atoms with Gasteiger partial charge in [0, 0.05) is 24.6 Å². The molecule has 1 amide bonds. The number of para-hydroxylation sites is 1. The van der Waals surface area contributed by atoms with Crippen LogP contribution in [0.15, 0.2) is 30.3 Å². The van der Waals surface area contributed by atoms with Crippen LogP contribution in [0.4, 0.5) is 10.7 Å². The summed E-state index contributed by atoms with van der Waals surface area (Å²) in [7, 11) is 0. The second-order valence-corrected chi connectivity index (χ2v) is 5.62. The first-order valence-electron chi connectivity index (χ1n) is 7.45. The molecule has 1 aromatic carbocycles. The molecule has 0 bridgehead atoms. The molecule has 2 heterocycles. The maximum absolute atomic E-state index is 11.2. The van der Waals surface area contributed by atoms with Gasteiger partial charge in [0.2, 0.25) is 5.95 Å². The number of piperidine rings is 1. The van der Waals surface area contributed by atoms with E-state index in [0.29, 0.717) is 30.0 Å². The van der Waals surface area contributed by atoms with E-state index in [-0.39, 0.29) is 17.6 Å². The first-order chi connectivity index (χ1) is 11.0. The number of carbonyl (C=O) groups is 1. The van der Waals surface area contributed by atoms with Crippen molar-refractivity contribution in [3.63, 3.8) is 0 Å². The number of carboxylic acid groups (broad SMARTS) is 1. The molecule has 23 heavy (non-hydrogen) atoms. The van der Waals surface area contributed by atoms with Crippen molar-refractivity contribution in [2.45, 2.75) is 18.8 Å². The van der Waals surface area contributed by atoms with Crippen molar-refractivity contribution in [3.8, 4) is 17.0 Å². The molecule has 1 unspecified atom stereocenters. The summed E-state index contributed by atoms with van der Waals surface area (Å²) in [6.07, 6.45) is 0.713. The number of phenolic OH excluding ortho intramolecular Hbond substituents is 1. The molecule has 0 saturated carbocycles. The molecule has 0 spiro atoms. The summed E-state index contributed by atoms with van der Waals surface area (Å²) < 4.78 is 0. The number of aromatic hydroxyl groups is 1. The molecule has 0 radical (unpaired) electrons. The summed E-state index contributed by atoms with van der Waals surface area (Å²) in [5.74, 6) is 0.218. The lowest BCUT2D eigenvalue weighted by atomic mass is 9.94. The minimum Gasteiger partial charge on any atom is -0.507 e. The summed E-state index contributed by atoms with van der Waals surface area (Å²) in [4.78, 5) is 21.0. The summed E-state index contributed by atoms with van der Waals surface area (Å²) in [6.45, 7) is 0.935. The fourth-order valence-electron chi connectivity index (χ4n) is 2.91. The van der Waals surface area contributed by atoms with Gasteiger partial charge in [-0.25, -0.2) is 14.8 Å². The molecular weight excluding hydrogens is 296 g/mol. The van der Waals surface area contributed by atoms with Crippen molar-refractivity contribution in [1.82, 2.24) is 14.9 Å². The highest BCUT2D eigenvalue weighted by molar-refractivity contribution is 5.68.